The summed E-state index contributed by atoms with van der Waals surface area (Å²) in [6.45, 7) is 0.405. The van der Waals surface area contributed by atoms with Crippen LogP contribution >= 0.6 is 0 Å². The maximum Gasteiger partial charge on any atom is 0.306 e. The molecule has 22 heavy (non-hydrogen) atoms. The molecular weight excluding hydrogens is 284 g/mol. The molecule has 1 aromatic rings. The zero-order chi connectivity index (χ0) is 15.5. The van der Waals surface area contributed by atoms with Crippen molar-refractivity contribution >= 4 is 11.6 Å². The van der Waals surface area contributed by atoms with Gasteiger partial charge in [0.2, 0.25) is 5.91 Å². The van der Waals surface area contributed by atoms with Gasteiger partial charge < -0.3 is 4.90 Å². The predicted octanol–water partition coefficient (Wildman–Crippen LogP) is 2.51. The number of nitro groups is 1. The van der Waals surface area contributed by atoms with Gasteiger partial charge in [0, 0.05) is 25.0 Å². The minimum absolute atomic E-state index is 0.0289. The third-order valence-corrected chi connectivity index (χ3v) is 4.58. The van der Waals surface area contributed by atoms with E-state index in [-0.39, 0.29) is 11.6 Å². The van der Waals surface area contributed by atoms with E-state index in [0.717, 1.165) is 25.7 Å². The van der Waals surface area contributed by atoms with Crippen molar-refractivity contribution in [3.63, 3.8) is 0 Å². The van der Waals surface area contributed by atoms with E-state index in [1.54, 1.807) is 0 Å². The van der Waals surface area contributed by atoms with Gasteiger partial charge in [-0.3, -0.25) is 19.6 Å². The Morgan fingerprint density at radius 1 is 1.27 bits per heavy atom. The van der Waals surface area contributed by atoms with Crippen LogP contribution in [0.4, 0.5) is 5.69 Å². The van der Waals surface area contributed by atoms with E-state index in [2.05, 4.69) is 10.00 Å². The molecule has 0 aromatic carbocycles. The van der Waals surface area contributed by atoms with E-state index in [1.807, 2.05) is 0 Å². The summed E-state index contributed by atoms with van der Waals surface area (Å²) >= 11 is 0. The Kier molecular flexibility index (Phi) is 4.40. The fraction of sp³-hybridized carbons (Fsp3) is 0.733. The highest BCUT2D eigenvalue weighted by Gasteiger charge is 2.37. The summed E-state index contributed by atoms with van der Waals surface area (Å²) in [6.07, 6.45) is 11.2. The highest BCUT2D eigenvalue weighted by atomic mass is 16.6. The summed E-state index contributed by atoms with van der Waals surface area (Å²) < 4.78 is 1.49. The largest absolute Gasteiger partial charge is 0.337 e. The Bertz CT molecular complexity index is 547. The molecule has 0 atom stereocenters. The van der Waals surface area contributed by atoms with Gasteiger partial charge in [0.1, 0.15) is 12.4 Å². The maximum atomic E-state index is 12.6. The number of rotatable bonds is 6. The molecular formula is C15H22N4O3. The Hall–Kier alpha value is -1.92. The monoisotopic (exact) mass is 306 g/mol. The van der Waals surface area contributed by atoms with Crippen LogP contribution in [0.15, 0.2) is 12.4 Å². The first-order valence-electron chi connectivity index (χ1n) is 8.13. The molecule has 7 heteroatoms. The van der Waals surface area contributed by atoms with Crippen molar-refractivity contribution in [1.29, 1.82) is 0 Å². The fourth-order valence-corrected chi connectivity index (χ4v) is 3.33. The van der Waals surface area contributed by atoms with E-state index < -0.39 is 4.92 Å². The fourth-order valence-electron chi connectivity index (χ4n) is 3.33. The van der Waals surface area contributed by atoms with Crippen LogP contribution in [0.25, 0.3) is 0 Å². The highest BCUT2D eigenvalue weighted by Crippen LogP contribution is 2.34. The third kappa shape index (κ3) is 3.45. The number of hydrogen-bond acceptors (Lipinski definition) is 4. The average molecular weight is 306 g/mol. The summed E-state index contributed by atoms with van der Waals surface area (Å²) in [7, 11) is 0. The summed E-state index contributed by atoms with van der Waals surface area (Å²) in [5.74, 6) is 0.174. The topological polar surface area (TPSA) is 81.3 Å². The quantitative estimate of drug-likeness (QED) is 0.597. The first kappa shape index (κ1) is 15.0. The summed E-state index contributed by atoms with van der Waals surface area (Å²) in [5, 5.41) is 14.6. The number of carbonyl (C=O) groups excluding carboxylic acids is 1. The number of aryl methyl sites for hydroxylation is 1. The van der Waals surface area contributed by atoms with E-state index in [9.17, 15) is 14.9 Å². The molecule has 0 N–H and O–H groups in total. The molecule has 0 radical (unpaired) electrons. The molecule has 0 unspecified atom stereocenters. The lowest BCUT2D eigenvalue weighted by Crippen LogP contribution is -2.43. The van der Waals surface area contributed by atoms with Crippen molar-refractivity contribution in [2.75, 3.05) is 0 Å². The smallest absolute Gasteiger partial charge is 0.306 e. The van der Waals surface area contributed by atoms with E-state index in [0.29, 0.717) is 25.0 Å². The minimum atomic E-state index is -0.468. The second-order valence-electron chi connectivity index (χ2n) is 6.29. The Morgan fingerprint density at radius 3 is 2.55 bits per heavy atom. The normalized spacial score (nSPS) is 19.1. The van der Waals surface area contributed by atoms with Crippen LogP contribution in [-0.4, -0.2) is 37.6 Å². The van der Waals surface area contributed by atoms with Crippen molar-refractivity contribution in [2.45, 2.75) is 70.0 Å². The molecule has 2 aliphatic carbocycles. The number of amides is 1. The lowest BCUT2D eigenvalue weighted by atomic mass is 9.94. The molecule has 120 valence electrons. The van der Waals surface area contributed by atoms with Gasteiger partial charge in [-0.1, -0.05) is 19.3 Å². The van der Waals surface area contributed by atoms with Gasteiger partial charge in [-0.25, -0.2) is 0 Å². The van der Waals surface area contributed by atoms with Crippen molar-refractivity contribution in [3.8, 4) is 0 Å². The standard InChI is InChI=1S/C15H22N4O3/c20-15(8-9-17-11-14(10-16-17)19(21)22)18(13-6-7-13)12-4-2-1-3-5-12/h10-13H,1-9H2. The maximum absolute atomic E-state index is 12.6. The van der Waals surface area contributed by atoms with E-state index in [4.69, 9.17) is 0 Å². The lowest BCUT2D eigenvalue weighted by Gasteiger charge is -2.34. The molecule has 2 fully saturated rings. The highest BCUT2D eigenvalue weighted by molar-refractivity contribution is 5.77. The Labute approximate surface area is 129 Å². The van der Waals surface area contributed by atoms with Crippen molar-refractivity contribution in [2.24, 2.45) is 0 Å². The van der Waals surface area contributed by atoms with Gasteiger partial charge in [0.15, 0.2) is 0 Å². The van der Waals surface area contributed by atoms with Gasteiger partial charge in [0.25, 0.3) is 0 Å². The second-order valence-corrected chi connectivity index (χ2v) is 6.29. The molecule has 3 rings (SSSR count). The van der Waals surface area contributed by atoms with Gasteiger partial charge in [-0.05, 0) is 25.7 Å². The van der Waals surface area contributed by atoms with Crippen molar-refractivity contribution < 1.29 is 9.72 Å². The lowest BCUT2D eigenvalue weighted by molar-refractivity contribution is -0.385. The predicted molar refractivity (Wildman–Crippen MR) is 80.2 cm³/mol. The van der Waals surface area contributed by atoms with Crippen LogP contribution in [0.1, 0.15) is 51.4 Å². The molecule has 2 saturated carbocycles. The van der Waals surface area contributed by atoms with Crippen LogP contribution in [0.2, 0.25) is 0 Å². The molecule has 0 spiro atoms. The number of carbonyl (C=O) groups is 1. The number of hydrogen-bond donors (Lipinski definition) is 0. The van der Waals surface area contributed by atoms with Gasteiger partial charge in [0.05, 0.1) is 4.92 Å². The van der Waals surface area contributed by atoms with Crippen molar-refractivity contribution in [3.05, 3.63) is 22.5 Å². The Morgan fingerprint density at radius 2 is 1.95 bits per heavy atom. The molecule has 0 aliphatic heterocycles. The third-order valence-electron chi connectivity index (χ3n) is 4.58. The molecule has 1 heterocycles. The van der Waals surface area contributed by atoms with Gasteiger partial charge >= 0.3 is 5.69 Å². The van der Waals surface area contributed by atoms with Gasteiger partial charge in [-0.2, -0.15) is 5.10 Å². The minimum Gasteiger partial charge on any atom is -0.337 e. The van der Waals surface area contributed by atoms with Crippen LogP contribution < -0.4 is 0 Å². The first-order valence-corrected chi connectivity index (χ1v) is 8.13. The van der Waals surface area contributed by atoms with E-state index >= 15 is 0 Å². The molecule has 1 amide bonds. The summed E-state index contributed by atoms with van der Waals surface area (Å²) in [6, 6.07) is 0.836. The van der Waals surface area contributed by atoms with E-state index in [1.165, 1.54) is 36.3 Å². The molecule has 7 nitrogen and oxygen atoms in total. The number of nitrogens with zero attached hydrogens (tertiary/aromatic N) is 4. The Balaban J connectivity index is 1.57. The van der Waals surface area contributed by atoms with Gasteiger partial charge in [-0.15, -0.1) is 0 Å². The van der Waals surface area contributed by atoms with Crippen LogP contribution in [0.3, 0.4) is 0 Å². The van der Waals surface area contributed by atoms with Crippen LogP contribution in [0.5, 0.6) is 0 Å². The first-order chi connectivity index (χ1) is 10.6. The van der Waals surface area contributed by atoms with Crippen LogP contribution in [0, 0.1) is 10.1 Å². The zero-order valence-electron chi connectivity index (χ0n) is 12.7. The summed E-state index contributed by atoms with van der Waals surface area (Å²) in [5.41, 5.74) is -0.0289. The zero-order valence-corrected chi connectivity index (χ0v) is 12.7. The number of aromatic nitrogens is 2. The average Bonchev–Trinajstić information content (AvgIpc) is 3.22. The molecule has 0 saturated heterocycles. The molecule has 1 aromatic heterocycles. The molecule has 0 bridgehead atoms. The summed E-state index contributed by atoms with van der Waals surface area (Å²) in [4.78, 5) is 24.9. The molecule has 2 aliphatic rings. The SMILES string of the molecule is O=C(CCn1cc([N+](=O)[O-])cn1)N(C1CCCCC1)C1CC1. The van der Waals surface area contributed by atoms with Crippen molar-refractivity contribution in [1.82, 2.24) is 14.7 Å². The second kappa shape index (κ2) is 6.46. The van der Waals surface area contributed by atoms with Crippen LogP contribution in [-0.2, 0) is 11.3 Å².